The maximum Gasteiger partial charge on any atom is 4.00 e. The van der Waals surface area contributed by atoms with Gasteiger partial charge in [-0.05, 0) is 23.8 Å². The first-order valence-corrected chi connectivity index (χ1v) is 9.68. The molecule has 11 nitrogen and oxygen atoms in total. The van der Waals surface area contributed by atoms with Gasteiger partial charge in [-0.15, -0.1) is 0 Å². The van der Waals surface area contributed by atoms with Crippen molar-refractivity contribution in [2.75, 3.05) is 0 Å². The van der Waals surface area contributed by atoms with E-state index in [-0.39, 0.29) is 21.1 Å². The summed E-state index contributed by atoms with van der Waals surface area (Å²) in [6, 6.07) is 9.10. The number of alkyl halides is 1. The van der Waals surface area contributed by atoms with Crippen molar-refractivity contribution < 1.29 is 72.6 Å². The van der Waals surface area contributed by atoms with E-state index < -0.39 is 38.6 Å². The van der Waals surface area contributed by atoms with Gasteiger partial charge in [-0.3, -0.25) is 0 Å². The van der Waals surface area contributed by atoms with Crippen LogP contribution < -0.4 is 19.6 Å². The molecule has 0 saturated carbocycles. The van der Waals surface area contributed by atoms with Gasteiger partial charge >= 0.3 is 54.1 Å². The molecule has 0 amide bonds. The van der Waals surface area contributed by atoms with Crippen LogP contribution in [-0.4, -0.2) is 5.11 Å². The standard InChI is InChI=1S/C7H7ClO.Mo.2O5P2/c8-7(9)6-4-2-1-3-5-6;;2*1-6(2)5-7(3)4/h1-5,7,9H;;;/q;+4;;. The fourth-order valence-electron chi connectivity index (χ4n) is 0.721. The van der Waals surface area contributed by atoms with Crippen molar-refractivity contribution in [1.29, 1.82) is 0 Å². The van der Waals surface area contributed by atoms with Crippen molar-refractivity contribution in [2.45, 2.75) is 5.56 Å². The first-order chi connectivity index (χ1) is 10.6. The topological polar surface area (TPSA) is 199 Å². The molecule has 1 rings (SSSR count). The van der Waals surface area contributed by atoms with Crippen LogP contribution in [0.4, 0.5) is 0 Å². The summed E-state index contributed by atoms with van der Waals surface area (Å²) in [5.41, 5.74) is -0.134. The third-order valence-electron chi connectivity index (χ3n) is 1.34. The summed E-state index contributed by atoms with van der Waals surface area (Å²) in [5.74, 6) is 0. The number of hydrogen-bond donors (Lipinski definition) is 1. The number of benzene rings is 1. The zero-order chi connectivity index (χ0) is 18.4. The average molecular weight is 522 g/mol. The Morgan fingerprint density at radius 3 is 1.25 bits per heavy atom. The quantitative estimate of drug-likeness (QED) is 0.310. The first-order valence-electron chi connectivity index (χ1n) is 4.87. The molecule has 1 N–H and O–H groups in total. The van der Waals surface area contributed by atoms with Crippen LogP contribution in [0.3, 0.4) is 0 Å². The van der Waals surface area contributed by atoms with Crippen LogP contribution in [0.1, 0.15) is 11.1 Å². The van der Waals surface area contributed by atoms with Crippen LogP contribution >= 0.6 is 44.6 Å². The molecule has 0 aliphatic carbocycles. The number of rotatable bonds is 5. The molecule has 5 unspecified atom stereocenters. The predicted molar refractivity (Wildman–Crippen MR) is 69.9 cm³/mol. The number of hydrogen-bond acceptors (Lipinski definition) is 11. The molecule has 17 heteroatoms. The van der Waals surface area contributed by atoms with Crippen LogP contribution in [0, 0.1) is 0 Å². The van der Waals surface area contributed by atoms with E-state index in [2.05, 4.69) is 8.62 Å². The molecule has 0 aromatic heterocycles. The summed E-state index contributed by atoms with van der Waals surface area (Å²) in [6.45, 7) is 0. The molecular weight excluding hydrogens is 515 g/mol. The largest absolute Gasteiger partial charge is 4.00 e. The van der Waals surface area contributed by atoms with Crippen LogP contribution in [0.2, 0.25) is 0 Å². The van der Waals surface area contributed by atoms with Gasteiger partial charge in [0.15, 0.2) is 5.56 Å². The summed E-state index contributed by atoms with van der Waals surface area (Å²) in [7, 11) is -12.9. The minimum absolute atomic E-state index is 0. The Labute approximate surface area is 158 Å². The molecule has 24 heavy (non-hydrogen) atoms. The van der Waals surface area contributed by atoms with E-state index in [1.807, 2.05) is 18.2 Å². The van der Waals surface area contributed by atoms with E-state index in [1.165, 1.54) is 0 Å². The Balaban J connectivity index is -0.000000274. The minimum Gasteiger partial charge on any atom is -0.563 e. The average Bonchev–Trinajstić information content (AvgIpc) is 2.37. The fraction of sp³-hybridized carbons (Fsp3) is 0.143. The Morgan fingerprint density at radius 2 is 1.12 bits per heavy atom. The second kappa shape index (κ2) is 18.1. The summed E-state index contributed by atoms with van der Waals surface area (Å²) in [5, 5.41) is 8.79. The van der Waals surface area contributed by atoms with E-state index in [0.717, 1.165) is 5.56 Å². The molecule has 5 atom stereocenters. The van der Waals surface area contributed by atoms with E-state index in [1.54, 1.807) is 12.1 Å². The fourth-order valence-corrected chi connectivity index (χ4v) is 1.74. The minimum atomic E-state index is -3.24. The van der Waals surface area contributed by atoms with E-state index in [9.17, 15) is 37.8 Å². The van der Waals surface area contributed by atoms with Gasteiger partial charge in [0.2, 0.25) is 0 Å². The second-order valence-corrected chi connectivity index (χ2v) is 6.31. The molecule has 0 fully saturated rings. The van der Waals surface area contributed by atoms with Crippen molar-refractivity contribution in [3.8, 4) is 0 Å². The predicted octanol–water partition coefficient (Wildman–Crippen LogP) is -0.00940. The van der Waals surface area contributed by atoms with Gasteiger partial charge in [-0.2, -0.15) is 0 Å². The number of aliphatic hydroxyl groups excluding tert-OH is 1. The molecule has 1 aromatic rings. The SMILES string of the molecule is O=[P+]([O-])O[P+](=O)[O-].O=[P+]([O-])O[P+](=O)[O-].OC(Cl)c1ccccc1.[Mo+4]. The van der Waals surface area contributed by atoms with E-state index >= 15 is 0 Å². The van der Waals surface area contributed by atoms with E-state index in [4.69, 9.17) is 16.7 Å². The molecule has 1 aromatic carbocycles. The van der Waals surface area contributed by atoms with Gasteiger partial charge < -0.3 is 24.7 Å². The monoisotopic (exact) mass is 524 g/mol. The maximum absolute atomic E-state index is 9.24. The third kappa shape index (κ3) is 24.6. The second-order valence-electron chi connectivity index (χ2n) is 2.80. The van der Waals surface area contributed by atoms with Crippen molar-refractivity contribution in [1.82, 2.24) is 0 Å². The number of halogens is 1. The number of aliphatic hydroxyl groups is 1. The van der Waals surface area contributed by atoms with Crippen LogP contribution in [0.15, 0.2) is 30.3 Å². The third-order valence-corrected chi connectivity index (χ3v) is 3.73. The molecule has 0 radical (unpaired) electrons. The van der Waals surface area contributed by atoms with Crippen LogP contribution in [0.5, 0.6) is 0 Å². The van der Waals surface area contributed by atoms with Gasteiger partial charge in [-0.1, -0.05) is 41.9 Å². The van der Waals surface area contributed by atoms with Crippen molar-refractivity contribution in [2.24, 2.45) is 0 Å². The summed E-state index contributed by atoms with van der Waals surface area (Å²) < 4.78 is 43.3. The first kappa shape index (κ1) is 29.1. The van der Waals surface area contributed by atoms with Crippen molar-refractivity contribution >= 4 is 44.6 Å². The maximum atomic E-state index is 9.24. The molecule has 0 heterocycles. The Morgan fingerprint density at radius 1 is 0.833 bits per heavy atom. The summed E-state index contributed by atoms with van der Waals surface area (Å²) in [4.78, 5) is 37.0. The Kier molecular flexibility index (Phi) is 22.0. The summed E-state index contributed by atoms with van der Waals surface area (Å²) in [6.07, 6.45) is 0. The normalized spacial score (nSPS) is 12.8. The molecule has 130 valence electrons. The zero-order valence-corrected chi connectivity index (χ0v) is 17.4. The van der Waals surface area contributed by atoms with Crippen molar-refractivity contribution in [3.63, 3.8) is 0 Å². The smallest absolute Gasteiger partial charge is 0.563 e. The van der Waals surface area contributed by atoms with Crippen molar-refractivity contribution in [3.05, 3.63) is 35.9 Å². The van der Waals surface area contributed by atoms with Gasteiger partial charge in [0.25, 0.3) is 0 Å². The van der Waals surface area contributed by atoms with Crippen LogP contribution in [0.25, 0.3) is 0 Å². The van der Waals surface area contributed by atoms with Gasteiger partial charge in [0, 0.05) is 0 Å². The van der Waals surface area contributed by atoms with Gasteiger partial charge in [-0.25, -0.2) is 0 Å². The molecule has 0 spiro atoms. The Bertz CT molecular complexity index is 480. The van der Waals surface area contributed by atoms with Gasteiger partial charge in [0.1, 0.15) is 8.62 Å². The van der Waals surface area contributed by atoms with Crippen LogP contribution in [-0.2, 0) is 47.9 Å². The van der Waals surface area contributed by atoms with E-state index in [0.29, 0.717) is 0 Å². The van der Waals surface area contributed by atoms with Gasteiger partial charge in [0.05, 0.1) is 0 Å². The zero-order valence-electron chi connectivity index (χ0n) is 11.1. The molecule has 0 aliphatic heterocycles. The molecule has 0 bridgehead atoms. The molecule has 0 aliphatic rings. The molecule has 0 saturated heterocycles. The molecular formula is C7H7ClMoO11P4+4. The Hall–Kier alpha value is 0.318. The summed E-state index contributed by atoms with van der Waals surface area (Å²) >= 11 is 5.36.